The average Bonchev–Trinajstić information content (AvgIpc) is 2.98. The van der Waals surface area contributed by atoms with Gasteiger partial charge in [0.15, 0.2) is 0 Å². The molecule has 2 saturated heterocycles. The van der Waals surface area contributed by atoms with Crippen molar-refractivity contribution < 1.29 is 17.6 Å². The lowest BCUT2D eigenvalue weighted by Gasteiger charge is -2.37. The molecule has 3 N–H and O–H groups in total. The largest absolute Gasteiger partial charge is 0.382 e. The molecule has 0 atom stereocenters. The minimum atomic E-state index is -4.26. The number of carbonyl (C=O) groups is 1. The molecule has 2 aliphatic heterocycles. The number of primary sulfonamides is 1. The van der Waals surface area contributed by atoms with E-state index >= 15 is 0 Å². The molecule has 0 aliphatic carbocycles. The van der Waals surface area contributed by atoms with Gasteiger partial charge < -0.3 is 20.0 Å². The molecular weight excluding hydrogens is 567 g/mol. The fraction of sp³-hybridized carbons (Fsp3) is 0.375. The lowest BCUT2D eigenvalue weighted by atomic mass is 9.94. The minimum absolute atomic E-state index is 0.0773. The van der Waals surface area contributed by atoms with E-state index < -0.39 is 20.7 Å². The summed E-state index contributed by atoms with van der Waals surface area (Å²) in [5.41, 5.74) is 6.39. The van der Waals surface area contributed by atoms with Crippen LogP contribution < -0.4 is 20.3 Å². The predicted molar refractivity (Wildman–Crippen MR) is 167 cm³/mol. The van der Waals surface area contributed by atoms with E-state index in [0.717, 1.165) is 60.1 Å². The summed E-state index contributed by atoms with van der Waals surface area (Å²) < 4.78 is 38.6. The van der Waals surface area contributed by atoms with Gasteiger partial charge >= 0.3 is 0 Å². The van der Waals surface area contributed by atoms with Crippen molar-refractivity contribution >= 4 is 33.0 Å². The third kappa shape index (κ3) is 6.17. The normalized spacial score (nSPS) is 16.2. The molecule has 0 aromatic heterocycles. The number of carbonyl (C=O) groups excluding carboxylic acids is 1. The van der Waals surface area contributed by atoms with E-state index in [4.69, 9.17) is 5.14 Å². The fourth-order valence-electron chi connectivity index (χ4n) is 6.39. The van der Waals surface area contributed by atoms with Crippen LogP contribution in [0.3, 0.4) is 0 Å². The maximum atomic E-state index is 14.4. The van der Waals surface area contributed by atoms with Gasteiger partial charge in [0, 0.05) is 56.6 Å². The summed E-state index contributed by atoms with van der Waals surface area (Å²) in [4.78, 5) is 19.1. The van der Waals surface area contributed by atoms with Crippen LogP contribution in [0.1, 0.15) is 45.5 Å². The van der Waals surface area contributed by atoms with E-state index in [2.05, 4.69) is 23.2 Å². The number of aryl methyl sites for hydroxylation is 2. The number of hydrogen-bond donors (Lipinski definition) is 2. The SMILES string of the molecule is Cc1cc(C)c(C(=O)N2CCN(c3cccc(F)c3S(N)(=O)=O)CC2)c(C)c1NC1CCN(c2ccccc2C#N)CC1. The molecule has 3 aromatic rings. The van der Waals surface area contributed by atoms with Crippen LogP contribution in [0.2, 0.25) is 0 Å². The summed E-state index contributed by atoms with van der Waals surface area (Å²) in [6.07, 6.45) is 1.80. The summed E-state index contributed by atoms with van der Waals surface area (Å²) in [6.45, 7) is 9.05. The van der Waals surface area contributed by atoms with Crippen LogP contribution in [-0.2, 0) is 10.0 Å². The topological polar surface area (TPSA) is 123 Å². The number of sulfonamides is 1. The van der Waals surface area contributed by atoms with Gasteiger partial charge in [-0.05, 0) is 74.6 Å². The molecule has 0 unspecified atom stereocenters. The van der Waals surface area contributed by atoms with Gasteiger partial charge in [0.25, 0.3) is 5.91 Å². The molecule has 43 heavy (non-hydrogen) atoms. The standard InChI is InChI=1S/C32H37FN6O3S/c1-21-19-22(2)30(36-25-11-13-37(14-12-25)27-9-5-4-7-24(27)20-34)23(3)29(21)32(40)39-17-15-38(16-18-39)28-10-6-8-26(33)31(28)43(35,41)42/h4-10,19,25,36H,11-18H2,1-3H3,(H2,35,41,42). The molecule has 0 radical (unpaired) electrons. The van der Waals surface area contributed by atoms with Gasteiger partial charge in [0.1, 0.15) is 16.8 Å². The van der Waals surface area contributed by atoms with Crippen molar-refractivity contribution in [2.24, 2.45) is 5.14 Å². The Morgan fingerprint density at radius 1 is 0.930 bits per heavy atom. The highest BCUT2D eigenvalue weighted by Gasteiger charge is 2.30. The lowest BCUT2D eigenvalue weighted by molar-refractivity contribution is 0.0745. The number of para-hydroxylation sites is 1. The number of halogens is 1. The van der Waals surface area contributed by atoms with Gasteiger partial charge in [0.2, 0.25) is 10.0 Å². The molecule has 0 bridgehead atoms. The first-order valence-corrected chi connectivity index (χ1v) is 16.0. The van der Waals surface area contributed by atoms with Crippen LogP contribution in [-0.4, -0.2) is 64.5 Å². The number of nitriles is 1. The molecule has 2 fully saturated rings. The zero-order valence-electron chi connectivity index (χ0n) is 24.7. The van der Waals surface area contributed by atoms with Crippen molar-refractivity contribution in [3.8, 4) is 6.07 Å². The van der Waals surface area contributed by atoms with Gasteiger partial charge in [-0.15, -0.1) is 0 Å². The Hall–Kier alpha value is -4.14. The molecule has 11 heteroatoms. The van der Waals surface area contributed by atoms with Gasteiger partial charge in [0.05, 0.1) is 16.9 Å². The lowest BCUT2D eigenvalue weighted by Crippen LogP contribution is -2.49. The van der Waals surface area contributed by atoms with Crippen molar-refractivity contribution in [3.05, 3.63) is 82.2 Å². The molecule has 5 rings (SSSR count). The van der Waals surface area contributed by atoms with Gasteiger partial charge in [-0.3, -0.25) is 4.79 Å². The number of nitrogens with two attached hydrogens (primary N) is 1. The van der Waals surface area contributed by atoms with Gasteiger partial charge in [-0.1, -0.05) is 24.3 Å². The average molecular weight is 605 g/mol. The van der Waals surface area contributed by atoms with Crippen LogP contribution in [0.25, 0.3) is 0 Å². The summed E-state index contributed by atoms with van der Waals surface area (Å²) in [5, 5.41) is 18.5. The van der Waals surface area contributed by atoms with Crippen LogP contribution in [0.15, 0.2) is 53.4 Å². The Labute approximate surface area is 252 Å². The van der Waals surface area contributed by atoms with Crippen molar-refractivity contribution in [2.75, 3.05) is 54.4 Å². The first-order valence-electron chi connectivity index (χ1n) is 14.5. The van der Waals surface area contributed by atoms with E-state index in [0.29, 0.717) is 37.3 Å². The molecule has 9 nitrogen and oxygen atoms in total. The van der Waals surface area contributed by atoms with Crippen LogP contribution >= 0.6 is 0 Å². The van der Waals surface area contributed by atoms with Crippen molar-refractivity contribution in [1.29, 1.82) is 5.26 Å². The molecule has 0 spiro atoms. The van der Waals surface area contributed by atoms with E-state index in [-0.39, 0.29) is 17.6 Å². The molecule has 3 aromatic carbocycles. The highest BCUT2D eigenvalue weighted by Crippen LogP contribution is 2.32. The molecule has 226 valence electrons. The second-order valence-electron chi connectivity index (χ2n) is 11.3. The Balaban J connectivity index is 1.28. The van der Waals surface area contributed by atoms with Crippen molar-refractivity contribution in [1.82, 2.24) is 4.90 Å². The molecular formula is C32H37FN6O3S. The second kappa shape index (κ2) is 12.2. The zero-order valence-corrected chi connectivity index (χ0v) is 25.5. The Morgan fingerprint density at radius 3 is 2.21 bits per heavy atom. The maximum absolute atomic E-state index is 14.4. The smallest absolute Gasteiger partial charge is 0.254 e. The number of hydrogen-bond acceptors (Lipinski definition) is 7. The molecule has 2 heterocycles. The zero-order chi connectivity index (χ0) is 30.9. The first kappa shape index (κ1) is 30.3. The van der Waals surface area contributed by atoms with E-state index in [1.54, 1.807) is 15.9 Å². The summed E-state index contributed by atoms with van der Waals surface area (Å²) in [6, 6.07) is 16.3. The molecule has 1 amide bonds. The highest BCUT2D eigenvalue weighted by atomic mass is 32.2. The van der Waals surface area contributed by atoms with Crippen LogP contribution in [0, 0.1) is 37.9 Å². The summed E-state index contributed by atoms with van der Waals surface area (Å²) in [7, 11) is -4.26. The van der Waals surface area contributed by atoms with E-state index in [9.17, 15) is 22.9 Å². The molecule has 2 aliphatic rings. The second-order valence-corrected chi connectivity index (χ2v) is 12.8. The number of amides is 1. The third-order valence-electron chi connectivity index (χ3n) is 8.53. The van der Waals surface area contributed by atoms with Gasteiger partial charge in [-0.25, -0.2) is 17.9 Å². The maximum Gasteiger partial charge on any atom is 0.254 e. The Bertz CT molecular complexity index is 1690. The predicted octanol–water partition coefficient (Wildman–Crippen LogP) is 4.31. The van der Waals surface area contributed by atoms with Crippen LogP contribution in [0.4, 0.5) is 21.5 Å². The number of piperazine rings is 1. The van der Waals surface area contributed by atoms with Crippen molar-refractivity contribution in [3.63, 3.8) is 0 Å². The third-order valence-corrected chi connectivity index (χ3v) is 9.51. The summed E-state index contributed by atoms with van der Waals surface area (Å²) in [5.74, 6) is -0.964. The Kier molecular flexibility index (Phi) is 8.62. The molecule has 0 saturated carbocycles. The van der Waals surface area contributed by atoms with Crippen LogP contribution in [0.5, 0.6) is 0 Å². The fourth-order valence-corrected chi connectivity index (χ4v) is 7.21. The number of rotatable bonds is 6. The highest BCUT2D eigenvalue weighted by molar-refractivity contribution is 7.89. The number of piperidine rings is 1. The number of anilines is 3. The first-order chi connectivity index (χ1) is 20.5. The number of nitrogens with zero attached hydrogens (tertiary/aromatic N) is 4. The summed E-state index contributed by atoms with van der Waals surface area (Å²) >= 11 is 0. The quantitative estimate of drug-likeness (QED) is 0.430. The minimum Gasteiger partial charge on any atom is -0.382 e. The van der Waals surface area contributed by atoms with Crippen molar-refractivity contribution in [2.45, 2.75) is 44.6 Å². The number of benzene rings is 3. The van der Waals surface area contributed by atoms with E-state index in [1.807, 2.05) is 44.2 Å². The number of nitrogens with one attached hydrogen (secondary N) is 1. The monoisotopic (exact) mass is 604 g/mol. The Morgan fingerprint density at radius 2 is 1.56 bits per heavy atom. The van der Waals surface area contributed by atoms with Gasteiger partial charge in [-0.2, -0.15) is 5.26 Å². The van der Waals surface area contributed by atoms with E-state index in [1.165, 1.54) is 6.07 Å².